The van der Waals surface area contributed by atoms with Crippen molar-refractivity contribution >= 4 is 33.3 Å². The maximum absolute atomic E-state index is 11.5. The number of carbonyl (C=O) groups excluding carboxylic acids is 1. The van der Waals surface area contributed by atoms with Gasteiger partial charge < -0.3 is 4.42 Å². The molecule has 0 atom stereocenters. The molecule has 0 aliphatic heterocycles. The Hall–Kier alpha value is -1.06. The number of hydrogen-bond acceptors (Lipinski definition) is 2. The lowest BCUT2D eigenvalue weighted by atomic mass is 10.2. The molecule has 2 rings (SSSR count). The smallest absolute Gasteiger partial charge is 0.197 e. The van der Waals surface area contributed by atoms with E-state index in [1.165, 1.54) is 0 Å². The Balaban J connectivity index is 2.43. The molecule has 4 heteroatoms. The van der Waals surface area contributed by atoms with E-state index in [2.05, 4.69) is 15.9 Å². The molecular formula is C13H10BrClO2. The maximum atomic E-state index is 11.5. The summed E-state index contributed by atoms with van der Waals surface area (Å²) in [5.41, 5.74) is 0.774. The molecule has 1 aromatic heterocycles. The zero-order valence-corrected chi connectivity index (χ0v) is 11.5. The van der Waals surface area contributed by atoms with Gasteiger partial charge in [0.2, 0.25) is 0 Å². The molecule has 0 fully saturated rings. The van der Waals surface area contributed by atoms with E-state index in [0.717, 1.165) is 10.0 Å². The Morgan fingerprint density at radius 1 is 1.35 bits per heavy atom. The first-order valence-electron chi connectivity index (χ1n) is 5.20. The summed E-state index contributed by atoms with van der Waals surface area (Å²) in [5.74, 6) is 0.967. The van der Waals surface area contributed by atoms with Gasteiger partial charge in [0.1, 0.15) is 5.76 Å². The zero-order chi connectivity index (χ0) is 12.4. The molecule has 0 saturated heterocycles. The summed E-state index contributed by atoms with van der Waals surface area (Å²) in [6.07, 6.45) is 0.430. The van der Waals surface area contributed by atoms with Crippen LogP contribution in [0.15, 0.2) is 39.2 Å². The summed E-state index contributed by atoms with van der Waals surface area (Å²) >= 11 is 9.46. The molecule has 1 aromatic carbocycles. The van der Waals surface area contributed by atoms with Crippen LogP contribution in [-0.4, -0.2) is 5.78 Å². The average molecular weight is 314 g/mol. The number of carbonyl (C=O) groups is 1. The third kappa shape index (κ3) is 2.61. The topological polar surface area (TPSA) is 30.2 Å². The molecule has 1 heterocycles. The molecule has 0 bridgehead atoms. The van der Waals surface area contributed by atoms with E-state index in [1.807, 2.05) is 12.1 Å². The first kappa shape index (κ1) is 12.4. The van der Waals surface area contributed by atoms with E-state index in [0.29, 0.717) is 23.0 Å². The zero-order valence-electron chi connectivity index (χ0n) is 9.17. The van der Waals surface area contributed by atoms with E-state index >= 15 is 0 Å². The van der Waals surface area contributed by atoms with Crippen molar-refractivity contribution in [2.24, 2.45) is 0 Å². The largest absolute Gasteiger partial charge is 0.453 e. The van der Waals surface area contributed by atoms with E-state index < -0.39 is 0 Å². The molecule has 17 heavy (non-hydrogen) atoms. The van der Waals surface area contributed by atoms with E-state index in [9.17, 15) is 4.79 Å². The van der Waals surface area contributed by atoms with Gasteiger partial charge in [-0.15, -0.1) is 0 Å². The summed E-state index contributed by atoms with van der Waals surface area (Å²) in [7, 11) is 0. The Labute approximate surface area is 113 Å². The highest BCUT2D eigenvalue weighted by Crippen LogP contribution is 2.32. The van der Waals surface area contributed by atoms with Crippen molar-refractivity contribution in [2.45, 2.75) is 13.3 Å². The van der Waals surface area contributed by atoms with Crippen LogP contribution >= 0.6 is 27.5 Å². The van der Waals surface area contributed by atoms with Crippen LogP contribution in [0.4, 0.5) is 0 Å². The number of hydrogen-bond donors (Lipinski definition) is 0. The molecular weight excluding hydrogens is 303 g/mol. The lowest BCUT2D eigenvalue weighted by Gasteiger charge is -2.01. The van der Waals surface area contributed by atoms with Crippen molar-refractivity contribution in [3.63, 3.8) is 0 Å². The Kier molecular flexibility index (Phi) is 3.69. The number of ketones is 1. The van der Waals surface area contributed by atoms with Gasteiger partial charge >= 0.3 is 0 Å². The van der Waals surface area contributed by atoms with Gasteiger partial charge in [0.15, 0.2) is 11.5 Å². The normalized spacial score (nSPS) is 10.5. The van der Waals surface area contributed by atoms with Crippen LogP contribution in [0.1, 0.15) is 23.9 Å². The van der Waals surface area contributed by atoms with Crippen molar-refractivity contribution in [1.29, 1.82) is 0 Å². The average Bonchev–Trinajstić information content (AvgIpc) is 2.80. The van der Waals surface area contributed by atoms with E-state index in [-0.39, 0.29) is 5.78 Å². The van der Waals surface area contributed by atoms with E-state index in [4.69, 9.17) is 16.0 Å². The number of Topliss-reactive ketones (excluding diaryl/α,β-unsaturated/α-hetero) is 1. The van der Waals surface area contributed by atoms with Crippen LogP contribution in [0, 0.1) is 0 Å². The van der Waals surface area contributed by atoms with Crippen LogP contribution < -0.4 is 0 Å². The minimum atomic E-state index is -0.0117. The van der Waals surface area contributed by atoms with Gasteiger partial charge in [0, 0.05) is 16.5 Å². The van der Waals surface area contributed by atoms with Crippen molar-refractivity contribution in [2.75, 3.05) is 0 Å². The summed E-state index contributed by atoms with van der Waals surface area (Å²) in [4.78, 5) is 11.5. The molecule has 2 nitrogen and oxygen atoms in total. The van der Waals surface area contributed by atoms with Gasteiger partial charge in [-0.2, -0.15) is 0 Å². The lowest BCUT2D eigenvalue weighted by Crippen LogP contribution is -1.92. The predicted octanol–water partition coefficient (Wildman–Crippen LogP) is 4.96. The van der Waals surface area contributed by atoms with Crippen molar-refractivity contribution in [3.05, 3.63) is 45.6 Å². The lowest BCUT2D eigenvalue weighted by molar-refractivity contribution is 0.0962. The van der Waals surface area contributed by atoms with Crippen LogP contribution in [-0.2, 0) is 0 Å². The second-order valence-electron chi connectivity index (χ2n) is 3.56. The first-order chi connectivity index (χ1) is 8.11. The number of rotatable bonds is 3. The van der Waals surface area contributed by atoms with Crippen LogP contribution in [0.5, 0.6) is 0 Å². The summed E-state index contributed by atoms with van der Waals surface area (Å²) in [5, 5.41) is 0.595. The highest BCUT2D eigenvalue weighted by molar-refractivity contribution is 9.10. The minimum Gasteiger partial charge on any atom is -0.453 e. The number of halogens is 2. The van der Waals surface area contributed by atoms with Gasteiger partial charge in [-0.25, -0.2) is 0 Å². The third-order valence-corrected chi connectivity index (χ3v) is 3.22. The van der Waals surface area contributed by atoms with Crippen molar-refractivity contribution in [3.8, 4) is 11.3 Å². The van der Waals surface area contributed by atoms with Crippen molar-refractivity contribution < 1.29 is 9.21 Å². The fraction of sp³-hybridized carbons (Fsp3) is 0.154. The molecule has 0 N–H and O–H groups in total. The molecule has 0 saturated carbocycles. The molecule has 0 aliphatic carbocycles. The molecule has 0 unspecified atom stereocenters. The highest BCUT2D eigenvalue weighted by Gasteiger charge is 2.12. The van der Waals surface area contributed by atoms with E-state index in [1.54, 1.807) is 25.1 Å². The third-order valence-electron chi connectivity index (χ3n) is 2.40. The summed E-state index contributed by atoms with van der Waals surface area (Å²) < 4.78 is 6.42. The molecule has 88 valence electrons. The van der Waals surface area contributed by atoms with Crippen LogP contribution in [0.3, 0.4) is 0 Å². The molecule has 2 aromatic rings. The van der Waals surface area contributed by atoms with Crippen LogP contribution in [0.2, 0.25) is 5.02 Å². The van der Waals surface area contributed by atoms with Gasteiger partial charge in [-0.3, -0.25) is 4.79 Å². The fourth-order valence-corrected chi connectivity index (χ4v) is 2.06. The molecule has 0 aliphatic rings. The number of furan rings is 1. The van der Waals surface area contributed by atoms with Crippen molar-refractivity contribution in [1.82, 2.24) is 0 Å². The predicted molar refractivity (Wildman–Crippen MR) is 71.5 cm³/mol. The van der Waals surface area contributed by atoms with Gasteiger partial charge in [-0.05, 0) is 30.3 Å². The van der Waals surface area contributed by atoms with Gasteiger partial charge in [0.25, 0.3) is 0 Å². The van der Waals surface area contributed by atoms with Gasteiger partial charge in [0.05, 0.1) is 5.02 Å². The summed E-state index contributed by atoms with van der Waals surface area (Å²) in [6, 6.07) is 8.94. The Bertz CT molecular complexity index is 560. The quantitative estimate of drug-likeness (QED) is 0.750. The van der Waals surface area contributed by atoms with Gasteiger partial charge in [-0.1, -0.05) is 34.5 Å². The Morgan fingerprint density at radius 2 is 2.12 bits per heavy atom. The second kappa shape index (κ2) is 5.07. The number of benzene rings is 1. The standard InChI is InChI=1S/C13H10BrClO2/c1-2-11(16)13-6-5-12(17-13)9-7-8(14)3-4-10(9)15/h3-7H,2H2,1H3. The minimum absolute atomic E-state index is 0.0117. The Morgan fingerprint density at radius 3 is 2.82 bits per heavy atom. The fourth-order valence-electron chi connectivity index (χ4n) is 1.49. The molecule has 0 spiro atoms. The monoisotopic (exact) mass is 312 g/mol. The first-order valence-corrected chi connectivity index (χ1v) is 6.37. The molecule has 0 amide bonds. The van der Waals surface area contributed by atoms with Crippen LogP contribution in [0.25, 0.3) is 11.3 Å². The highest BCUT2D eigenvalue weighted by atomic mass is 79.9. The SMILES string of the molecule is CCC(=O)c1ccc(-c2cc(Br)ccc2Cl)o1. The maximum Gasteiger partial charge on any atom is 0.197 e. The molecule has 0 radical (unpaired) electrons. The summed E-state index contributed by atoms with van der Waals surface area (Å²) in [6.45, 7) is 1.80. The second-order valence-corrected chi connectivity index (χ2v) is 4.89.